The number of amides is 1. The molecule has 1 aliphatic heterocycles. The van der Waals surface area contributed by atoms with Crippen LogP contribution in [0.2, 0.25) is 0 Å². The molecule has 9 heteroatoms. The van der Waals surface area contributed by atoms with E-state index in [1.54, 1.807) is 0 Å². The van der Waals surface area contributed by atoms with E-state index in [0.717, 1.165) is 25.9 Å². The number of carbonyl (C=O) groups is 1. The molecule has 39 heavy (non-hydrogen) atoms. The molecule has 1 N–H and O–H groups in total. The molecule has 210 valence electrons. The molecule has 1 heterocycles. The molecule has 2 aromatic carbocycles. The quantitative estimate of drug-likeness (QED) is 0.408. The molecule has 2 aliphatic carbocycles. The van der Waals surface area contributed by atoms with E-state index in [1.807, 2.05) is 6.92 Å². The van der Waals surface area contributed by atoms with E-state index >= 15 is 0 Å². The zero-order chi connectivity index (χ0) is 28.2. The van der Waals surface area contributed by atoms with E-state index in [9.17, 15) is 31.1 Å². The first-order valence-corrected chi connectivity index (χ1v) is 13.3. The molecule has 1 saturated heterocycles. The largest absolute Gasteiger partial charge is 0.416 e. The summed E-state index contributed by atoms with van der Waals surface area (Å²) in [6.45, 7) is 5.49. The fraction of sp³-hybridized carbons (Fsp3) is 0.500. The lowest BCUT2D eigenvalue weighted by Gasteiger charge is -2.46. The van der Waals surface area contributed by atoms with Gasteiger partial charge in [0.1, 0.15) is 0 Å². The summed E-state index contributed by atoms with van der Waals surface area (Å²) in [5.74, 6) is 0.0423. The van der Waals surface area contributed by atoms with Gasteiger partial charge in [0.15, 0.2) is 0 Å². The number of halogens is 6. The predicted molar refractivity (Wildman–Crippen MR) is 137 cm³/mol. The lowest BCUT2D eigenvalue weighted by molar-refractivity contribution is -0.143. The molecule has 0 radical (unpaired) electrons. The smallest absolute Gasteiger partial charge is 0.352 e. The first-order chi connectivity index (χ1) is 18.2. The van der Waals surface area contributed by atoms with Crippen molar-refractivity contribution in [2.45, 2.75) is 69.9 Å². The molecule has 0 bridgehead atoms. The molecule has 1 saturated carbocycles. The van der Waals surface area contributed by atoms with Gasteiger partial charge in [-0.05, 0) is 73.0 Å². The Labute approximate surface area is 224 Å². The van der Waals surface area contributed by atoms with Crippen LogP contribution in [0.3, 0.4) is 0 Å². The second-order valence-electron chi connectivity index (χ2n) is 11.7. The normalized spacial score (nSPS) is 29.1. The lowest BCUT2D eigenvalue weighted by Crippen LogP contribution is -2.50. The van der Waals surface area contributed by atoms with Crippen LogP contribution in [0.5, 0.6) is 0 Å². The van der Waals surface area contributed by atoms with Crippen LogP contribution in [0, 0.1) is 11.3 Å². The number of piperidine rings is 1. The van der Waals surface area contributed by atoms with E-state index in [1.165, 1.54) is 11.1 Å². The number of nitrogens with zero attached hydrogens (tertiary/aromatic N) is 1. The highest BCUT2D eigenvalue weighted by Crippen LogP contribution is 2.49. The number of carbonyl (C=O) groups excluding carboxylic acids is 1. The van der Waals surface area contributed by atoms with Crippen LogP contribution in [-0.2, 0) is 29.1 Å². The summed E-state index contributed by atoms with van der Waals surface area (Å²) in [5.41, 5.74) is -1.08. The third-order valence-corrected chi connectivity index (χ3v) is 9.10. The Balaban J connectivity index is 1.23. The molecular formula is C30H32F6N2O. The van der Waals surface area contributed by atoms with Gasteiger partial charge in [-0.3, -0.25) is 9.69 Å². The number of nitrogens with one attached hydrogen (secondary N) is 1. The van der Waals surface area contributed by atoms with Gasteiger partial charge >= 0.3 is 12.4 Å². The Bertz CT molecular complexity index is 1250. The van der Waals surface area contributed by atoms with Crippen molar-refractivity contribution in [1.29, 1.82) is 0 Å². The maximum Gasteiger partial charge on any atom is 0.416 e. The predicted octanol–water partition coefficient (Wildman–Crippen LogP) is 7.21. The second-order valence-corrected chi connectivity index (χ2v) is 11.7. The van der Waals surface area contributed by atoms with Crippen LogP contribution in [0.15, 0.2) is 48.5 Å². The fourth-order valence-electron chi connectivity index (χ4n) is 6.80. The van der Waals surface area contributed by atoms with Crippen LogP contribution in [0.4, 0.5) is 26.3 Å². The Morgan fingerprint density at radius 1 is 1.03 bits per heavy atom. The number of benzene rings is 2. The van der Waals surface area contributed by atoms with Crippen molar-refractivity contribution in [2.24, 2.45) is 11.3 Å². The van der Waals surface area contributed by atoms with Crippen LogP contribution in [-0.4, -0.2) is 29.9 Å². The summed E-state index contributed by atoms with van der Waals surface area (Å²) < 4.78 is 79.2. The number of likely N-dealkylation sites (tertiary alicyclic amines) is 1. The minimum absolute atomic E-state index is 0.0204. The van der Waals surface area contributed by atoms with Crippen molar-refractivity contribution in [3.63, 3.8) is 0 Å². The molecule has 3 aliphatic rings. The summed E-state index contributed by atoms with van der Waals surface area (Å²) in [5, 5.41) is 2.62. The van der Waals surface area contributed by atoms with E-state index in [2.05, 4.69) is 53.6 Å². The minimum Gasteiger partial charge on any atom is -0.352 e. The standard InChI is InChI=1S/C30H32F6N2O/c1-19-18-38(12-11-28(19)10-7-21-5-3-4-6-25(21)28)24-8-9-27(2,16-24)26(39)37-17-20-13-22(29(31,32)33)15-23(14-20)30(34,35)36/h3-7,10,13-15,19,24H,8-9,11-12,16-18H2,1-2H3,(H,37,39)/t19-,24?,27?,28-/m0/s1. The maximum atomic E-state index is 13.2. The van der Waals surface area contributed by atoms with Gasteiger partial charge < -0.3 is 5.32 Å². The summed E-state index contributed by atoms with van der Waals surface area (Å²) in [7, 11) is 0. The summed E-state index contributed by atoms with van der Waals surface area (Å²) in [6.07, 6.45) is -2.29. The fourth-order valence-corrected chi connectivity index (χ4v) is 6.80. The van der Waals surface area contributed by atoms with Crippen molar-refractivity contribution >= 4 is 12.0 Å². The van der Waals surface area contributed by atoms with E-state index in [-0.39, 0.29) is 29.0 Å². The highest BCUT2D eigenvalue weighted by molar-refractivity contribution is 5.82. The van der Waals surface area contributed by atoms with Crippen molar-refractivity contribution in [2.75, 3.05) is 13.1 Å². The Morgan fingerprint density at radius 3 is 2.33 bits per heavy atom. The van der Waals surface area contributed by atoms with Crippen LogP contribution in [0.1, 0.15) is 67.3 Å². The van der Waals surface area contributed by atoms with Gasteiger partial charge in [-0.15, -0.1) is 0 Å². The number of rotatable bonds is 4. The average Bonchev–Trinajstić information content (AvgIpc) is 3.46. The molecule has 2 fully saturated rings. The van der Waals surface area contributed by atoms with Gasteiger partial charge in [-0.25, -0.2) is 0 Å². The number of hydrogen-bond donors (Lipinski definition) is 1. The third-order valence-electron chi connectivity index (χ3n) is 9.10. The van der Waals surface area contributed by atoms with Gasteiger partial charge in [0.2, 0.25) is 5.91 Å². The summed E-state index contributed by atoms with van der Waals surface area (Å²) >= 11 is 0. The van der Waals surface area contributed by atoms with Gasteiger partial charge in [-0.1, -0.05) is 50.3 Å². The zero-order valence-corrected chi connectivity index (χ0v) is 21.9. The summed E-state index contributed by atoms with van der Waals surface area (Å²) in [4.78, 5) is 15.6. The highest BCUT2D eigenvalue weighted by atomic mass is 19.4. The first-order valence-electron chi connectivity index (χ1n) is 13.3. The van der Waals surface area contributed by atoms with Crippen LogP contribution >= 0.6 is 0 Å². The first kappa shape index (κ1) is 27.7. The zero-order valence-electron chi connectivity index (χ0n) is 21.9. The van der Waals surface area contributed by atoms with Crippen LogP contribution < -0.4 is 5.32 Å². The number of allylic oxidation sites excluding steroid dienone is 1. The Kier molecular flexibility index (Phi) is 6.89. The lowest BCUT2D eigenvalue weighted by atomic mass is 9.68. The molecule has 0 aromatic heterocycles. The van der Waals surface area contributed by atoms with Gasteiger partial charge in [0.25, 0.3) is 0 Å². The topological polar surface area (TPSA) is 32.3 Å². The molecule has 1 amide bonds. The van der Waals surface area contributed by atoms with Crippen molar-refractivity contribution in [3.8, 4) is 0 Å². The van der Waals surface area contributed by atoms with E-state index < -0.39 is 35.4 Å². The van der Waals surface area contributed by atoms with Gasteiger partial charge in [-0.2, -0.15) is 26.3 Å². The SMILES string of the molecule is C[C@H]1CN(C2CCC(C)(C(=O)NCc3cc(C(F)(F)F)cc(C(F)(F)F)c3)C2)CC[C@@]12C=Cc1ccccc12. The van der Waals surface area contributed by atoms with Crippen molar-refractivity contribution in [3.05, 3.63) is 76.4 Å². The number of hydrogen-bond acceptors (Lipinski definition) is 2. The van der Waals surface area contributed by atoms with Crippen LogP contribution in [0.25, 0.3) is 6.08 Å². The highest BCUT2D eigenvalue weighted by Gasteiger charge is 2.48. The Morgan fingerprint density at radius 2 is 1.69 bits per heavy atom. The molecule has 1 spiro atoms. The van der Waals surface area contributed by atoms with Gasteiger partial charge in [0.05, 0.1) is 11.1 Å². The van der Waals surface area contributed by atoms with Crippen molar-refractivity contribution < 1.29 is 31.1 Å². The molecule has 2 unspecified atom stereocenters. The van der Waals surface area contributed by atoms with E-state index in [4.69, 9.17) is 0 Å². The number of fused-ring (bicyclic) bond motifs is 2. The third kappa shape index (κ3) is 5.22. The maximum absolute atomic E-state index is 13.2. The summed E-state index contributed by atoms with van der Waals surface area (Å²) in [6, 6.07) is 10.1. The average molecular weight is 551 g/mol. The second kappa shape index (κ2) is 9.68. The molecule has 3 nitrogen and oxygen atoms in total. The van der Waals surface area contributed by atoms with Crippen molar-refractivity contribution in [1.82, 2.24) is 10.2 Å². The van der Waals surface area contributed by atoms with E-state index in [0.29, 0.717) is 30.9 Å². The monoisotopic (exact) mass is 550 g/mol. The molecule has 5 rings (SSSR count). The Hall–Kier alpha value is -2.81. The molecule has 4 atom stereocenters. The van der Waals surface area contributed by atoms with Gasteiger partial charge in [0, 0.05) is 30.0 Å². The molecule has 2 aromatic rings. The number of alkyl halides is 6. The minimum atomic E-state index is -4.93. The molecular weight excluding hydrogens is 518 g/mol.